The second kappa shape index (κ2) is 11.4. The van der Waals surface area contributed by atoms with E-state index in [1.54, 1.807) is 0 Å². The Morgan fingerprint density at radius 1 is 1.00 bits per heavy atom. The van der Waals surface area contributed by atoms with E-state index in [-0.39, 0.29) is 5.91 Å². The molecule has 1 aliphatic heterocycles. The van der Waals surface area contributed by atoms with Crippen LogP contribution in [0.15, 0.2) is 85.1 Å². The molecule has 0 radical (unpaired) electrons. The Balaban J connectivity index is 1.67. The highest BCUT2D eigenvalue weighted by atomic mass is 16.2. The van der Waals surface area contributed by atoms with E-state index in [9.17, 15) is 4.79 Å². The molecule has 0 spiro atoms. The lowest BCUT2D eigenvalue weighted by atomic mass is 10.00. The van der Waals surface area contributed by atoms with Gasteiger partial charge in [-0.2, -0.15) is 0 Å². The summed E-state index contributed by atoms with van der Waals surface area (Å²) in [5.74, 6) is 0.112. The molecule has 1 aliphatic rings. The summed E-state index contributed by atoms with van der Waals surface area (Å²) in [5.41, 5.74) is 5.53. The zero-order valence-corrected chi connectivity index (χ0v) is 18.9. The molecule has 1 fully saturated rings. The fraction of sp³-hybridized carbons (Fsp3) is 0.321. The van der Waals surface area contributed by atoms with Crippen molar-refractivity contribution < 1.29 is 4.79 Å². The predicted molar refractivity (Wildman–Crippen MR) is 131 cm³/mol. The van der Waals surface area contributed by atoms with Crippen molar-refractivity contribution in [3.8, 4) is 11.1 Å². The minimum atomic E-state index is 0.112. The number of amides is 1. The molecule has 3 rings (SSSR count). The van der Waals surface area contributed by atoms with Gasteiger partial charge in [-0.05, 0) is 60.7 Å². The first kappa shape index (κ1) is 22.6. The Bertz CT molecular complexity index is 932. The molecule has 0 aromatic heterocycles. The maximum absolute atomic E-state index is 13.1. The van der Waals surface area contributed by atoms with Gasteiger partial charge in [-0.3, -0.25) is 4.79 Å². The van der Waals surface area contributed by atoms with Gasteiger partial charge in [0.25, 0.3) is 5.91 Å². The van der Waals surface area contributed by atoms with Crippen molar-refractivity contribution in [2.45, 2.75) is 33.1 Å². The quantitative estimate of drug-likeness (QED) is 0.487. The SMILES string of the molecule is C=C/C=C(\C=C/C)N1CCN(C(=O)c2cccc(-c3ccc(CCCC)cc3)c2)CC1. The number of carbonyl (C=O) groups excluding carboxylic acids is 1. The summed E-state index contributed by atoms with van der Waals surface area (Å²) in [6, 6.07) is 16.8. The molecule has 0 aliphatic carbocycles. The fourth-order valence-electron chi connectivity index (χ4n) is 3.98. The highest BCUT2D eigenvalue weighted by molar-refractivity contribution is 5.95. The zero-order valence-electron chi connectivity index (χ0n) is 18.9. The Morgan fingerprint density at radius 2 is 1.71 bits per heavy atom. The molecule has 0 bridgehead atoms. The van der Waals surface area contributed by atoms with E-state index < -0.39 is 0 Å². The average molecular weight is 415 g/mol. The smallest absolute Gasteiger partial charge is 0.253 e. The summed E-state index contributed by atoms with van der Waals surface area (Å²) in [4.78, 5) is 17.4. The predicted octanol–water partition coefficient (Wildman–Crippen LogP) is 6.10. The van der Waals surface area contributed by atoms with Crippen LogP contribution in [0.2, 0.25) is 0 Å². The molecule has 0 saturated carbocycles. The molecule has 1 amide bonds. The molecule has 0 N–H and O–H groups in total. The van der Waals surface area contributed by atoms with E-state index in [2.05, 4.69) is 54.8 Å². The standard InChI is InChI=1S/C28H34N2O/c1-4-7-11-23-14-16-24(17-15-23)25-12-8-13-26(22-25)28(31)30-20-18-29(19-21-30)27(9-5-2)10-6-3/h5-6,8-10,12-17,22H,2,4,7,11,18-21H2,1,3H3/b10-6-,27-9+. The van der Waals surface area contributed by atoms with Crippen LogP contribution in [0.3, 0.4) is 0 Å². The van der Waals surface area contributed by atoms with Crippen LogP contribution in [0, 0.1) is 0 Å². The van der Waals surface area contributed by atoms with Gasteiger partial charge < -0.3 is 9.80 Å². The number of rotatable bonds is 8. The van der Waals surface area contributed by atoms with Crippen LogP contribution >= 0.6 is 0 Å². The van der Waals surface area contributed by atoms with E-state index in [1.165, 1.54) is 18.4 Å². The van der Waals surface area contributed by atoms with Gasteiger partial charge in [0.05, 0.1) is 0 Å². The molecule has 1 saturated heterocycles. The second-order valence-corrected chi connectivity index (χ2v) is 7.99. The molecule has 0 unspecified atom stereocenters. The Labute approximate surface area is 187 Å². The van der Waals surface area contributed by atoms with Crippen LogP contribution in [0.4, 0.5) is 0 Å². The highest BCUT2D eigenvalue weighted by Gasteiger charge is 2.22. The Morgan fingerprint density at radius 3 is 2.35 bits per heavy atom. The van der Waals surface area contributed by atoms with Crippen LogP contribution in [0.1, 0.15) is 42.6 Å². The van der Waals surface area contributed by atoms with Gasteiger partial charge in [-0.15, -0.1) is 0 Å². The molecule has 2 aromatic rings. The molecule has 162 valence electrons. The van der Waals surface area contributed by atoms with Crippen molar-refractivity contribution in [3.63, 3.8) is 0 Å². The fourth-order valence-corrected chi connectivity index (χ4v) is 3.98. The number of unbranched alkanes of at least 4 members (excludes halogenated alkanes) is 1. The van der Waals surface area contributed by atoms with Crippen molar-refractivity contribution >= 4 is 5.91 Å². The van der Waals surface area contributed by atoms with Gasteiger partial charge in [0.2, 0.25) is 0 Å². The van der Waals surface area contributed by atoms with Crippen LogP contribution in [0.5, 0.6) is 0 Å². The monoisotopic (exact) mass is 414 g/mol. The number of aryl methyl sites for hydroxylation is 1. The van der Waals surface area contributed by atoms with Crippen molar-refractivity contribution in [2.24, 2.45) is 0 Å². The molecule has 0 atom stereocenters. The number of nitrogens with zero attached hydrogens (tertiary/aromatic N) is 2. The number of carbonyl (C=O) groups is 1. The van der Waals surface area contributed by atoms with E-state index in [0.717, 1.165) is 55.0 Å². The summed E-state index contributed by atoms with van der Waals surface area (Å²) >= 11 is 0. The lowest BCUT2D eigenvalue weighted by Gasteiger charge is -2.36. The Kier molecular flexibility index (Phi) is 8.28. The third kappa shape index (κ3) is 5.97. The lowest BCUT2D eigenvalue weighted by molar-refractivity contribution is 0.0672. The summed E-state index contributed by atoms with van der Waals surface area (Å²) in [7, 11) is 0. The van der Waals surface area contributed by atoms with E-state index in [4.69, 9.17) is 0 Å². The lowest BCUT2D eigenvalue weighted by Crippen LogP contribution is -2.48. The van der Waals surface area contributed by atoms with Crippen LogP contribution in [-0.2, 0) is 6.42 Å². The number of hydrogen-bond donors (Lipinski definition) is 0. The molecule has 3 nitrogen and oxygen atoms in total. The third-order valence-electron chi connectivity index (χ3n) is 5.77. The molecular formula is C28H34N2O. The van der Waals surface area contributed by atoms with Crippen molar-refractivity contribution in [3.05, 3.63) is 96.2 Å². The summed E-state index contributed by atoms with van der Waals surface area (Å²) in [5, 5.41) is 0. The van der Waals surface area contributed by atoms with Gasteiger partial charge in [0.1, 0.15) is 0 Å². The van der Waals surface area contributed by atoms with Gasteiger partial charge in [0.15, 0.2) is 0 Å². The number of benzene rings is 2. The van der Waals surface area contributed by atoms with Gasteiger partial charge in [-0.1, -0.05) is 68.5 Å². The molecular weight excluding hydrogens is 380 g/mol. The normalized spacial score (nSPS) is 14.8. The van der Waals surface area contributed by atoms with Crippen LogP contribution < -0.4 is 0 Å². The van der Waals surface area contributed by atoms with Gasteiger partial charge in [-0.25, -0.2) is 0 Å². The maximum atomic E-state index is 13.1. The molecule has 1 heterocycles. The van der Waals surface area contributed by atoms with Gasteiger partial charge in [0, 0.05) is 37.4 Å². The van der Waals surface area contributed by atoms with Crippen molar-refractivity contribution in [2.75, 3.05) is 26.2 Å². The topological polar surface area (TPSA) is 23.6 Å². The van der Waals surface area contributed by atoms with E-state index >= 15 is 0 Å². The maximum Gasteiger partial charge on any atom is 0.253 e. The molecule has 31 heavy (non-hydrogen) atoms. The number of hydrogen-bond acceptors (Lipinski definition) is 2. The largest absolute Gasteiger partial charge is 0.368 e. The first-order chi connectivity index (χ1) is 15.2. The second-order valence-electron chi connectivity index (χ2n) is 7.99. The number of piperazine rings is 1. The minimum Gasteiger partial charge on any atom is -0.368 e. The first-order valence-electron chi connectivity index (χ1n) is 11.3. The van der Waals surface area contributed by atoms with Crippen LogP contribution in [0.25, 0.3) is 11.1 Å². The van der Waals surface area contributed by atoms with Gasteiger partial charge >= 0.3 is 0 Å². The Hall–Kier alpha value is -3.07. The zero-order chi connectivity index (χ0) is 22.1. The summed E-state index contributed by atoms with van der Waals surface area (Å²) < 4.78 is 0. The molecule has 2 aromatic carbocycles. The average Bonchev–Trinajstić information content (AvgIpc) is 2.82. The minimum absolute atomic E-state index is 0.112. The third-order valence-corrected chi connectivity index (χ3v) is 5.77. The van der Waals surface area contributed by atoms with Crippen LogP contribution in [-0.4, -0.2) is 41.9 Å². The molecule has 3 heteroatoms. The van der Waals surface area contributed by atoms with Crippen molar-refractivity contribution in [1.82, 2.24) is 9.80 Å². The summed E-state index contributed by atoms with van der Waals surface area (Å²) in [6.07, 6.45) is 11.5. The van der Waals surface area contributed by atoms with Crippen molar-refractivity contribution in [1.29, 1.82) is 0 Å². The first-order valence-corrected chi connectivity index (χ1v) is 11.3. The highest BCUT2D eigenvalue weighted by Crippen LogP contribution is 2.23. The van der Waals surface area contributed by atoms with E-state index in [0.29, 0.717) is 0 Å². The van der Waals surface area contributed by atoms with E-state index in [1.807, 2.05) is 48.3 Å². The number of allylic oxidation sites excluding steroid dienone is 4. The summed E-state index contributed by atoms with van der Waals surface area (Å²) in [6.45, 7) is 11.1.